The molecule has 2 aromatic carbocycles. The minimum atomic E-state index is -0.0956. The zero-order valence-corrected chi connectivity index (χ0v) is 16.2. The van der Waals surface area contributed by atoms with Crippen molar-refractivity contribution in [3.8, 4) is 5.75 Å². The van der Waals surface area contributed by atoms with Gasteiger partial charge in [0.15, 0.2) is 5.76 Å². The first kappa shape index (κ1) is 19.3. The third-order valence-corrected chi connectivity index (χ3v) is 4.95. The highest BCUT2D eigenvalue weighted by atomic mass is 35.5. The first-order valence-corrected chi connectivity index (χ1v) is 8.83. The summed E-state index contributed by atoms with van der Waals surface area (Å²) in [6.45, 7) is 4.06. The maximum atomic E-state index is 13.2. The van der Waals surface area contributed by atoms with Gasteiger partial charge in [0.1, 0.15) is 11.3 Å². The summed E-state index contributed by atoms with van der Waals surface area (Å²) in [6.07, 6.45) is 0. The number of nitrogens with one attached hydrogen (secondary N) is 1. The number of amides is 1. The lowest BCUT2D eigenvalue weighted by atomic mass is 10.0. The summed E-state index contributed by atoms with van der Waals surface area (Å²) in [4.78, 5) is 15.1. The number of carbonyl (C=O) groups is 1. The highest BCUT2D eigenvalue weighted by molar-refractivity contribution is 5.97. The fourth-order valence-electron chi connectivity index (χ4n) is 3.62. The molecule has 1 N–H and O–H groups in total. The third kappa shape index (κ3) is 3.53. The second-order valence-electron chi connectivity index (χ2n) is 6.56. The van der Waals surface area contributed by atoms with Crippen molar-refractivity contribution < 1.29 is 13.9 Å². The zero-order chi connectivity index (χ0) is 18.1. The van der Waals surface area contributed by atoms with Crippen molar-refractivity contribution in [2.24, 2.45) is 0 Å². The number of hydrogen-bond donors (Lipinski definition) is 1. The first-order chi connectivity index (χ1) is 12.7. The molecule has 4 rings (SSSR count). The monoisotopic (exact) mass is 386 g/mol. The Morgan fingerprint density at radius 2 is 2.04 bits per heavy atom. The normalized spacial score (nSPS) is 16.8. The molecule has 1 amide bonds. The van der Waals surface area contributed by atoms with E-state index in [-0.39, 0.29) is 24.4 Å². The number of piperazine rings is 1. The van der Waals surface area contributed by atoms with Gasteiger partial charge in [0.2, 0.25) is 0 Å². The van der Waals surface area contributed by atoms with Gasteiger partial charge in [-0.1, -0.05) is 36.4 Å². The molecule has 0 saturated carbocycles. The van der Waals surface area contributed by atoms with Crippen LogP contribution < -0.4 is 10.1 Å². The number of aryl methyl sites for hydroxylation is 1. The van der Waals surface area contributed by atoms with Gasteiger partial charge in [0.25, 0.3) is 5.91 Å². The molecule has 1 saturated heterocycles. The smallest absolute Gasteiger partial charge is 0.290 e. The standard InChI is InChI=1S/C21H22N2O3.ClH/c1-14-6-5-7-15-12-19(26-20(14)15)21(24)23-11-10-22-13-17(23)16-8-3-4-9-18(16)25-2;/h3-9,12,17,22H,10-11,13H2,1-2H3;1H. The summed E-state index contributed by atoms with van der Waals surface area (Å²) in [7, 11) is 1.66. The van der Waals surface area contributed by atoms with Gasteiger partial charge in [0.05, 0.1) is 13.2 Å². The molecule has 5 nitrogen and oxygen atoms in total. The second kappa shape index (κ2) is 8.03. The van der Waals surface area contributed by atoms with E-state index < -0.39 is 0 Å². The van der Waals surface area contributed by atoms with Crippen LogP contribution in [0.1, 0.15) is 27.7 Å². The van der Waals surface area contributed by atoms with Gasteiger partial charge in [-0.15, -0.1) is 12.4 Å². The predicted molar refractivity (Wildman–Crippen MR) is 108 cm³/mol. The van der Waals surface area contributed by atoms with Crippen molar-refractivity contribution in [1.82, 2.24) is 10.2 Å². The third-order valence-electron chi connectivity index (χ3n) is 4.95. The lowest BCUT2D eigenvalue weighted by Gasteiger charge is -2.36. The van der Waals surface area contributed by atoms with E-state index in [1.165, 1.54) is 0 Å². The summed E-state index contributed by atoms with van der Waals surface area (Å²) < 4.78 is 11.4. The Kier molecular flexibility index (Phi) is 5.73. The van der Waals surface area contributed by atoms with Gasteiger partial charge in [-0.3, -0.25) is 4.79 Å². The van der Waals surface area contributed by atoms with Gasteiger partial charge in [-0.2, -0.15) is 0 Å². The number of para-hydroxylation sites is 2. The predicted octanol–water partition coefficient (Wildman–Crippen LogP) is 3.96. The quantitative estimate of drug-likeness (QED) is 0.740. The van der Waals surface area contributed by atoms with E-state index in [1.807, 2.05) is 60.4 Å². The molecule has 3 aromatic rings. The Morgan fingerprint density at radius 1 is 1.22 bits per heavy atom. The van der Waals surface area contributed by atoms with Gasteiger partial charge in [-0.05, 0) is 24.6 Å². The summed E-state index contributed by atoms with van der Waals surface area (Å²) >= 11 is 0. The maximum Gasteiger partial charge on any atom is 0.290 e. The fraction of sp³-hybridized carbons (Fsp3) is 0.286. The molecule has 0 bridgehead atoms. The van der Waals surface area contributed by atoms with Crippen molar-refractivity contribution in [2.75, 3.05) is 26.7 Å². The van der Waals surface area contributed by atoms with E-state index in [0.717, 1.165) is 34.4 Å². The fourth-order valence-corrected chi connectivity index (χ4v) is 3.62. The molecule has 2 heterocycles. The van der Waals surface area contributed by atoms with Crippen molar-refractivity contribution in [2.45, 2.75) is 13.0 Å². The largest absolute Gasteiger partial charge is 0.496 e. The molecule has 27 heavy (non-hydrogen) atoms. The van der Waals surface area contributed by atoms with Crippen LogP contribution in [0.5, 0.6) is 5.75 Å². The molecule has 0 aliphatic carbocycles. The van der Waals surface area contributed by atoms with Crippen LogP contribution in [0, 0.1) is 6.92 Å². The summed E-state index contributed by atoms with van der Waals surface area (Å²) in [5.41, 5.74) is 2.81. The van der Waals surface area contributed by atoms with Crippen LogP contribution >= 0.6 is 12.4 Å². The number of furan rings is 1. The Labute approximate surface area is 164 Å². The van der Waals surface area contributed by atoms with E-state index in [9.17, 15) is 4.79 Å². The number of methoxy groups -OCH3 is 1. The molecule has 0 spiro atoms. The summed E-state index contributed by atoms with van der Waals surface area (Å²) in [6, 6.07) is 15.5. The first-order valence-electron chi connectivity index (χ1n) is 8.83. The van der Waals surface area contributed by atoms with E-state index in [4.69, 9.17) is 9.15 Å². The average Bonchev–Trinajstić information content (AvgIpc) is 3.13. The van der Waals surface area contributed by atoms with Crippen molar-refractivity contribution >= 4 is 29.3 Å². The lowest BCUT2D eigenvalue weighted by Crippen LogP contribution is -2.48. The van der Waals surface area contributed by atoms with Crippen LogP contribution in [-0.4, -0.2) is 37.6 Å². The Bertz CT molecular complexity index is 954. The number of carbonyl (C=O) groups excluding carboxylic acids is 1. The van der Waals surface area contributed by atoms with Crippen LogP contribution in [0.15, 0.2) is 52.9 Å². The van der Waals surface area contributed by atoms with E-state index in [2.05, 4.69) is 5.32 Å². The number of fused-ring (bicyclic) bond motifs is 1. The molecule has 0 radical (unpaired) electrons. The van der Waals surface area contributed by atoms with Crippen molar-refractivity contribution in [3.63, 3.8) is 0 Å². The minimum Gasteiger partial charge on any atom is -0.496 e. The van der Waals surface area contributed by atoms with Crippen LogP contribution in [0.25, 0.3) is 11.0 Å². The molecule has 1 fully saturated rings. The van der Waals surface area contributed by atoms with Crippen molar-refractivity contribution in [3.05, 3.63) is 65.4 Å². The minimum absolute atomic E-state index is 0. The number of hydrogen-bond acceptors (Lipinski definition) is 4. The number of halogens is 1. The molecule has 6 heteroatoms. The van der Waals surface area contributed by atoms with Crippen LogP contribution in [0.3, 0.4) is 0 Å². The molecule has 1 atom stereocenters. The Morgan fingerprint density at radius 3 is 2.81 bits per heavy atom. The SMILES string of the molecule is COc1ccccc1C1CNCCN1C(=O)c1cc2cccc(C)c2o1.Cl. The number of rotatable bonds is 3. The van der Waals surface area contributed by atoms with E-state index in [1.54, 1.807) is 7.11 Å². The second-order valence-corrected chi connectivity index (χ2v) is 6.56. The molecule has 142 valence electrons. The van der Waals surface area contributed by atoms with E-state index in [0.29, 0.717) is 18.8 Å². The molecule has 1 aromatic heterocycles. The van der Waals surface area contributed by atoms with Gasteiger partial charge in [0, 0.05) is 30.6 Å². The Balaban J connectivity index is 0.00000210. The highest BCUT2D eigenvalue weighted by Gasteiger charge is 2.32. The topological polar surface area (TPSA) is 54.7 Å². The van der Waals surface area contributed by atoms with Crippen LogP contribution in [0.4, 0.5) is 0 Å². The van der Waals surface area contributed by atoms with Gasteiger partial charge in [-0.25, -0.2) is 0 Å². The van der Waals surface area contributed by atoms with Crippen LogP contribution in [-0.2, 0) is 0 Å². The molecular weight excluding hydrogens is 364 g/mol. The zero-order valence-electron chi connectivity index (χ0n) is 15.4. The van der Waals surface area contributed by atoms with Crippen LogP contribution in [0.2, 0.25) is 0 Å². The van der Waals surface area contributed by atoms with Crippen molar-refractivity contribution in [1.29, 1.82) is 0 Å². The highest BCUT2D eigenvalue weighted by Crippen LogP contribution is 2.32. The number of ether oxygens (including phenoxy) is 1. The van der Waals surface area contributed by atoms with Gasteiger partial charge < -0.3 is 19.4 Å². The lowest BCUT2D eigenvalue weighted by molar-refractivity contribution is 0.0601. The Hall–Kier alpha value is -2.50. The number of benzene rings is 2. The summed E-state index contributed by atoms with van der Waals surface area (Å²) in [5, 5.41) is 4.33. The maximum absolute atomic E-state index is 13.2. The molecule has 1 aliphatic heterocycles. The summed E-state index contributed by atoms with van der Waals surface area (Å²) in [5.74, 6) is 1.09. The molecule has 1 aliphatic rings. The molecule has 1 unspecified atom stereocenters. The van der Waals surface area contributed by atoms with Gasteiger partial charge >= 0.3 is 0 Å². The van der Waals surface area contributed by atoms with E-state index >= 15 is 0 Å². The average molecular weight is 387 g/mol. The number of nitrogens with zero attached hydrogens (tertiary/aromatic N) is 1. The molecular formula is C21H23ClN2O3.